The second-order valence-electron chi connectivity index (χ2n) is 5.87. The van der Waals surface area contributed by atoms with E-state index in [2.05, 4.69) is 6.92 Å². The highest BCUT2D eigenvalue weighted by molar-refractivity contribution is 5.85. The number of aliphatic hydroxyl groups excluding tert-OH is 2. The monoisotopic (exact) mass is 325 g/mol. The highest BCUT2D eigenvalue weighted by Crippen LogP contribution is 2.14. The van der Waals surface area contributed by atoms with Crippen LogP contribution in [-0.4, -0.2) is 61.2 Å². The lowest BCUT2D eigenvalue weighted by molar-refractivity contribution is -0.0587. The van der Waals surface area contributed by atoms with Crippen molar-refractivity contribution in [3.63, 3.8) is 0 Å². The van der Waals surface area contributed by atoms with Crippen molar-refractivity contribution >= 4 is 12.4 Å². The summed E-state index contributed by atoms with van der Waals surface area (Å²) in [6, 6.07) is 0. The van der Waals surface area contributed by atoms with Gasteiger partial charge in [0.2, 0.25) is 0 Å². The zero-order valence-corrected chi connectivity index (χ0v) is 14.9. The molecule has 5 heteroatoms. The molecule has 0 amide bonds. The fourth-order valence-corrected chi connectivity index (χ4v) is 2.39. The molecule has 0 heterocycles. The number of likely N-dealkylation sites (N-methyl/N-ethyl adjacent to an activating group) is 1. The van der Waals surface area contributed by atoms with Crippen LogP contribution in [0.2, 0.25) is 0 Å². The summed E-state index contributed by atoms with van der Waals surface area (Å²) in [5.41, 5.74) is 0. The first-order chi connectivity index (χ1) is 9.61. The molecular weight excluding hydrogens is 290 g/mol. The molecule has 0 rings (SSSR count). The number of unbranched alkanes of at least 4 members (excludes halogenated alkanes) is 6. The van der Waals surface area contributed by atoms with Gasteiger partial charge in [0.1, 0.15) is 0 Å². The van der Waals surface area contributed by atoms with Crippen LogP contribution in [0.1, 0.15) is 58.3 Å². The van der Waals surface area contributed by atoms with Gasteiger partial charge in [0.05, 0.1) is 25.4 Å². The SMILES string of the molecule is CCCCCCCCCC(OCCO)C(O)CN(C)C.Cl. The van der Waals surface area contributed by atoms with E-state index in [0.29, 0.717) is 13.2 Å². The van der Waals surface area contributed by atoms with Crippen molar-refractivity contribution in [1.82, 2.24) is 4.90 Å². The molecular formula is C16H36ClNO3. The highest BCUT2D eigenvalue weighted by atomic mass is 35.5. The van der Waals surface area contributed by atoms with E-state index in [0.717, 1.165) is 12.8 Å². The van der Waals surface area contributed by atoms with Crippen LogP contribution in [0.4, 0.5) is 0 Å². The minimum absolute atomic E-state index is 0. The summed E-state index contributed by atoms with van der Waals surface area (Å²) in [7, 11) is 3.89. The van der Waals surface area contributed by atoms with Crippen LogP contribution in [0, 0.1) is 0 Å². The summed E-state index contributed by atoms with van der Waals surface area (Å²) in [5.74, 6) is 0. The smallest absolute Gasteiger partial charge is 0.0928 e. The van der Waals surface area contributed by atoms with E-state index in [1.165, 1.54) is 38.5 Å². The molecule has 2 N–H and O–H groups in total. The molecule has 0 fully saturated rings. The topological polar surface area (TPSA) is 52.9 Å². The number of aliphatic hydroxyl groups is 2. The molecule has 130 valence electrons. The quantitative estimate of drug-likeness (QED) is 0.482. The molecule has 0 spiro atoms. The number of rotatable bonds is 14. The van der Waals surface area contributed by atoms with E-state index in [9.17, 15) is 5.11 Å². The molecule has 0 aliphatic carbocycles. The van der Waals surface area contributed by atoms with Gasteiger partial charge in [-0.25, -0.2) is 0 Å². The first kappa shape index (κ1) is 23.4. The Morgan fingerprint density at radius 1 is 1.00 bits per heavy atom. The summed E-state index contributed by atoms with van der Waals surface area (Å²) in [6.07, 6.45) is 9.10. The minimum Gasteiger partial charge on any atom is -0.394 e. The van der Waals surface area contributed by atoms with Crippen molar-refractivity contribution in [2.75, 3.05) is 33.9 Å². The van der Waals surface area contributed by atoms with Gasteiger partial charge in [-0.1, -0.05) is 51.9 Å². The Hall–Kier alpha value is 0.130. The Kier molecular flexibility index (Phi) is 18.4. The van der Waals surface area contributed by atoms with E-state index in [1.54, 1.807) is 0 Å². The van der Waals surface area contributed by atoms with Gasteiger partial charge in [-0.15, -0.1) is 12.4 Å². The second kappa shape index (κ2) is 16.5. The summed E-state index contributed by atoms with van der Waals surface area (Å²) < 4.78 is 5.57. The third kappa shape index (κ3) is 14.8. The maximum absolute atomic E-state index is 10.1. The molecule has 0 bridgehead atoms. The zero-order valence-electron chi connectivity index (χ0n) is 14.1. The van der Waals surface area contributed by atoms with Crippen LogP contribution < -0.4 is 0 Å². The molecule has 0 aromatic heterocycles. The molecule has 0 radical (unpaired) electrons. The van der Waals surface area contributed by atoms with E-state index < -0.39 is 6.10 Å². The van der Waals surface area contributed by atoms with Crippen molar-refractivity contribution < 1.29 is 14.9 Å². The van der Waals surface area contributed by atoms with Gasteiger partial charge >= 0.3 is 0 Å². The molecule has 0 aliphatic rings. The maximum atomic E-state index is 10.1. The van der Waals surface area contributed by atoms with Crippen LogP contribution >= 0.6 is 12.4 Å². The van der Waals surface area contributed by atoms with Crippen molar-refractivity contribution in [2.24, 2.45) is 0 Å². The average Bonchev–Trinajstić information content (AvgIpc) is 2.40. The summed E-state index contributed by atoms with van der Waals surface area (Å²) in [6.45, 7) is 3.16. The van der Waals surface area contributed by atoms with Crippen LogP contribution in [0.3, 0.4) is 0 Å². The predicted octanol–water partition coefficient (Wildman–Crippen LogP) is 2.85. The van der Waals surface area contributed by atoms with Gasteiger partial charge in [-0.2, -0.15) is 0 Å². The molecule has 4 nitrogen and oxygen atoms in total. The van der Waals surface area contributed by atoms with Gasteiger partial charge in [0, 0.05) is 6.54 Å². The Morgan fingerprint density at radius 3 is 2.10 bits per heavy atom. The molecule has 2 atom stereocenters. The fraction of sp³-hybridized carbons (Fsp3) is 1.00. The van der Waals surface area contributed by atoms with Gasteiger partial charge in [-0.05, 0) is 20.5 Å². The molecule has 0 saturated carbocycles. The first-order valence-electron chi connectivity index (χ1n) is 8.17. The van der Waals surface area contributed by atoms with Crippen molar-refractivity contribution in [3.05, 3.63) is 0 Å². The number of hydrogen-bond acceptors (Lipinski definition) is 4. The van der Waals surface area contributed by atoms with Gasteiger partial charge in [0.25, 0.3) is 0 Å². The largest absolute Gasteiger partial charge is 0.394 e. The Morgan fingerprint density at radius 2 is 1.57 bits per heavy atom. The molecule has 0 saturated heterocycles. The Bertz CT molecular complexity index is 206. The second-order valence-corrected chi connectivity index (χ2v) is 5.87. The van der Waals surface area contributed by atoms with Crippen molar-refractivity contribution in [3.8, 4) is 0 Å². The number of hydrogen-bond donors (Lipinski definition) is 2. The van der Waals surface area contributed by atoms with E-state index in [1.807, 2.05) is 19.0 Å². The predicted molar refractivity (Wildman–Crippen MR) is 91.2 cm³/mol. The number of ether oxygens (including phenoxy) is 1. The lowest BCUT2D eigenvalue weighted by Crippen LogP contribution is -2.38. The van der Waals surface area contributed by atoms with E-state index in [-0.39, 0.29) is 25.1 Å². The molecule has 0 aromatic rings. The molecule has 0 aliphatic heterocycles. The standard InChI is InChI=1S/C16H35NO3.ClH/c1-4-5-6-7-8-9-10-11-16(20-13-12-18)15(19)14-17(2)3;/h15-16,18-19H,4-14H2,1-3H3;1H. The summed E-state index contributed by atoms with van der Waals surface area (Å²) in [5, 5.41) is 19.0. The van der Waals surface area contributed by atoms with E-state index in [4.69, 9.17) is 9.84 Å². The summed E-state index contributed by atoms with van der Waals surface area (Å²) in [4.78, 5) is 1.96. The van der Waals surface area contributed by atoms with Crippen LogP contribution in [0.25, 0.3) is 0 Å². The molecule has 2 unspecified atom stereocenters. The maximum Gasteiger partial charge on any atom is 0.0928 e. The zero-order chi connectivity index (χ0) is 15.2. The summed E-state index contributed by atoms with van der Waals surface area (Å²) >= 11 is 0. The van der Waals surface area contributed by atoms with Crippen molar-refractivity contribution in [2.45, 2.75) is 70.5 Å². The normalized spacial score (nSPS) is 14.0. The van der Waals surface area contributed by atoms with Crippen LogP contribution in [0.15, 0.2) is 0 Å². The average molecular weight is 326 g/mol. The highest BCUT2D eigenvalue weighted by Gasteiger charge is 2.19. The lowest BCUT2D eigenvalue weighted by Gasteiger charge is -2.25. The first-order valence-corrected chi connectivity index (χ1v) is 8.17. The van der Waals surface area contributed by atoms with Crippen molar-refractivity contribution in [1.29, 1.82) is 0 Å². The van der Waals surface area contributed by atoms with Gasteiger partial charge < -0.3 is 19.8 Å². The molecule has 21 heavy (non-hydrogen) atoms. The van der Waals surface area contributed by atoms with Gasteiger partial charge in [0.15, 0.2) is 0 Å². The minimum atomic E-state index is -0.475. The molecule has 0 aromatic carbocycles. The number of halogens is 1. The third-order valence-electron chi connectivity index (χ3n) is 3.50. The lowest BCUT2D eigenvalue weighted by atomic mass is 10.0. The Labute approximate surface area is 137 Å². The third-order valence-corrected chi connectivity index (χ3v) is 3.50. The fourth-order valence-electron chi connectivity index (χ4n) is 2.39. The Balaban J connectivity index is 0. The number of nitrogens with zero attached hydrogens (tertiary/aromatic N) is 1. The van der Waals surface area contributed by atoms with Gasteiger partial charge in [-0.3, -0.25) is 0 Å². The van der Waals surface area contributed by atoms with Crippen LogP contribution in [0.5, 0.6) is 0 Å². The van der Waals surface area contributed by atoms with E-state index >= 15 is 0 Å². The van der Waals surface area contributed by atoms with Crippen LogP contribution in [-0.2, 0) is 4.74 Å².